The van der Waals surface area contributed by atoms with E-state index in [1.54, 1.807) is 26.2 Å². The van der Waals surface area contributed by atoms with Gasteiger partial charge < -0.3 is 31.2 Å². The predicted molar refractivity (Wildman–Crippen MR) is 148 cm³/mol. The molecule has 21 heteroatoms. The molecule has 6 aromatic heterocycles. The van der Waals surface area contributed by atoms with E-state index in [4.69, 9.17) is 20.9 Å². The molecular weight excluding hydrogens is 592 g/mol. The zero-order valence-corrected chi connectivity index (χ0v) is 23.0. The minimum Gasteiger partial charge on any atom is -0.388 e. The van der Waals surface area contributed by atoms with Crippen molar-refractivity contribution in [1.29, 1.82) is 0 Å². The van der Waals surface area contributed by atoms with Gasteiger partial charge in [0, 0.05) is 25.2 Å². The van der Waals surface area contributed by atoms with Crippen molar-refractivity contribution in [2.24, 2.45) is 0 Å². The van der Waals surface area contributed by atoms with Crippen molar-refractivity contribution in [3.8, 4) is 0 Å². The topological polar surface area (TPSA) is 280 Å². The number of nitrogen functional groups attached to an aromatic ring is 2. The van der Waals surface area contributed by atoms with Crippen LogP contribution in [0.5, 0.6) is 0 Å². The number of nitrogens with two attached hydrogens (primary N) is 2. The first kappa shape index (κ1) is 26.1. The third-order valence-corrected chi connectivity index (χ3v) is 8.61. The van der Waals surface area contributed by atoms with E-state index in [9.17, 15) is 15.0 Å². The molecule has 8 atom stereocenters. The number of H-pyrrole nitrogens is 1. The van der Waals surface area contributed by atoms with Gasteiger partial charge in [0.25, 0.3) is 5.56 Å². The molecule has 0 radical (unpaired) electrons. The van der Waals surface area contributed by atoms with Crippen LogP contribution >= 0.6 is 0 Å². The van der Waals surface area contributed by atoms with E-state index in [0.717, 1.165) is 0 Å². The van der Waals surface area contributed by atoms with E-state index in [-0.39, 0.29) is 35.8 Å². The van der Waals surface area contributed by atoms with Gasteiger partial charge in [-0.05, 0) is 0 Å². The molecule has 9 rings (SSSR count). The van der Waals surface area contributed by atoms with Crippen molar-refractivity contribution in [3.05, 3.63) is 53.1 Å². The summed E-state index contributed by atoms with van der Waals surface area (Å²) in [6, 6.07) is -1.48. The Bertz CT molecular complexity index is 2150. The molecule has 9 heterocycles. The van der Waals surface area contributed by atoms with Crippen molar-refractivity contribution in [3.63, 3.8) is 0 Å². The average Bonchev–Trinajstić information content (AvgIpc) is 3.84. The third-order valence-electron chi connectivity index (χ3n) is 8.61. The molecule has 21 nitrogen and oxygen atoms in total. The summed E-state index contributed by atoms with van der Waals surface area (Å²) in [7, 11) is 0. The molecule has 6 aromatic rings. The largest absolute Gasteiger partial charge is 0.388 e. The Morgan fingerprint density at radius 3 is 2.24 bits per heavy atom. The highest BCUT2D eigenvalue weighted by atomic mass is 16.5. The number of fused-ring (bicyclic) bond motifs is 11. The van der Waals surface area contributed by atoms with Gasteiger partial charge in [0.05, 0.1) is 36.3 Å². The van der Waals surface area contributed by atoms with Crippen LogP contribution in [0.3, 0.4) is 0 Å². The van der Waals surface area contributed by atoms with Gasteiger partial charge >= 0.3 is 0 Å². The molecule has 0 aliphatic carbocycles. The molecular formula is C24H24N16O5. The molecule has 0 amide bonds. The number of ether oxygens (including phenoxy) is 2. The second-order valence-electron chi connectivity index (χ2n) is 11.2. The lowest BCUT2D eigenvalue weighted by atomic mass is 10.0. The molecule has 4 unspecified atom stereocenters. The first-order valence-corrected chi connectivity index (χ1v) is 14.0. The molecule has 230 valence electrons. The Labute approximate surface area is 249 Å². The molecule has 3 aliphatic heterocycles. The first-order valence-electron chi connectivity index (χ1n) is 14.0. The summed E-state index contributed by atoms with van der Waals surface area (Å²) in [5, 5.41) is 40.5. The van der Waals surface area contributed by atoms with Crippen LogP contribution in [0.1, 0.15) is 35.9 Å². The number of aromatic amines is 1. The maximum atomic E-state index is 12.5. The highest BCUT2D eigenvalue weighted by molar-refractivity contribution is 5.81. The fourth-order valence-corrected chi connectivity index (χ4v) is 6.57. The van der Waals surface area contributed by atoms with Crippen LogP contribution in [0.15, 0.2) is 36.2 Å². The van der Waals surface area contributed by atoms with Gasteiger partial charge in [0.2, 0.25) is 5.95 Å². The maximum Gasteiger partial charge on any atom is 0.280 e. The SMILES string of the molecule is Nc1nc2c(ncn2[C@@H]2O[C@@H]3Cc4cn(nn4)C4C(O)[C@H](n5cnc6c(N)ncnc65)O[C@@H]4Cc4cn(nn4)C2C3O)c(=O)[nH]1. The number of nitrogens with one attached hydrogen (secondary N) is 1. The van der Waals surface area contributed by atoms with Gasteiger partial charge in [-0.3, -0.25) is 18.9 Å². The lowest BCUT2D eigenvalue weighted by Crippen LogP contribution is -2.31. The summed E-state index contributed by atoms with van der Waals surface area (Å²) in [6.07, 6.45) is 2.63. The van der Waals surface area contributed by atoms with Gasteiger partial charge in [0.15, 0.2) is 35.1 Å². The monoisotopic (exact) mass is 616 g/mol. The van der Waals surface area contributed by atoms with Crippen molar-refractivity contribution in [1.82, 2.24) is 69.0 Å². The normalized spacial score (nSPS) is 29.5. The van der Waals surface area contributed by atoms with Crippen LogP contribution in [-0.4, -0.2) is 104 Å². The standard InChI is InChI=1S/C24H24N16O5/c25-18-12-19(28-5-27-18)37(6-29-12)23-17(42)14-10(44-23)1-8-4-40(36-33-8)15-16(41)11(2-9-3-39(14)35-34-9)45-22(15)38-7-30-13-20(38)31-24(26)32-21(13)43/h3-7,10-11,14-17,22-23,41-42H,1-2H2,(H2,25,27,28)(H3,26,31,32,43)/t10-,11-,14?,15?,16?,17?,22-,23-/m1/s1. The Hall–Kier alpha value is -5.38. The molecule has 0 spiro atoms. The predicted octanol–water partition coefficient (Wildman–Crippen LogP) is -2.60. The lowest BCUT2D eigenvalue weighted by molar-refractivity contribution is -0.0347. The van der Waals surface area contributed by atoms with Gasteiger partial charge in [-0.1, -0.05) is 10.4 Å². The molecule has 2 fully saturated rings. The lowest BCUT2D eigenvalue weighted by Gasteiger charge is -2.21. The zero-order valence-electron chi connectivity index (χ0n) is 23.0. The summed E-state index contributed by atoms with van der Waals surface area (Å²) in [4.78, 5) is 35.9. The summed E-state index contributed by atoms with van der Waals surface area (Å²) in [6.45, 7) is 0. The van der Waals surface area contributed by atoms with E-state index in [0.29, 0.717) is 22.6 Å². The van der Waals surface area contributed by atoms with Crippen LogP contribution in [0.4, 0.5) is 11.8 Å². The number of hydrogen-bond donors (Lipinski definition) is 5. The van der Waals surface area contributed by atoms with Crippen LogP contribution in [0.25, 0.3) is 22.3 Å². The van der Waals surface area contributed by atoms with E-state index >= 15 is 0 Å². The number of hydrogen-bond acceptors (Lipinski definition) is 16. The number of imidazole rings is 2. The van der Waals surface area contributed by atoms with Crippen LogP contribution < -0.4 is 17.0 Å². The number of aromatic nitrogens is 14. The fourth-order valence-electron chi connectivity index (χ4n) is 6.57. The number of nitrogens with zero attached hydrogens (tertiary/aromatic N) is 13. The van der Waals surface area contributed by atoms with Gasteiger partial charge in [-0.2, -0.15) is 4.98 Å². The van der Waals surface area contributed by atoms with Crippen molar-refractivity contribution in [2.75, 3.05) is 11.5 Å². The van der Waals surface area contributed by atoms with E-state index in [1.165, 1.54) is 23.7 Å². The quantitative estimate of drug-likeness (QED) is 0.133. The van der Waals surface area contributed by atoms with Gasteiger partial charge in [-0.15, -0.1) is 10.2 Å². The Kier molecular flexibility index (Phi) is 5.39. The second-order valence-corrected chi connectivity index (χ2v) is 11.2. The van der Waals surface area contributed by atoms with Gasteiger partial charge in [0.1, 0.15) is 36.1 Å². The zero-order chi connectivity index (χ0) is 30.6. The third kappa shape index (κ3) is 3.81. The number of anilines is 2. The molecule has 6 bridgehead atoms. The Morgan fingerprint density at radius 2 is 1.47 bits per heavy atom. The van der Waals surface area contributed by atoms with Crippen LogP contribution in [-0.2, 0) is 22.3 Å². The van der Waals surface area contributed by atoms with E-state index in [1.807, 2.05) is 0 Å². The minimum atomic E-state index is -1.10. The van der Waals surface area contributed by atoms with Gasteiger partial charge in [-0.25, -0.2) is 29.3 Å². The second kappa shape index (κ2) is 9.31. The smallest absolute Gasteiger partial charge is 0.280 e. The maximum absolute atomic E-state index is 12.5. The fraction of sp³-hybridized carbons (Fsp3) is 0.417. The van der Waals surface area contributed by atoms with E-state index in [2.05, 4.69) is 50.5 Å². The summed E-state index contributed by atoms with van der Waals surface area (Å²) in [5.41, 5.74) is 13.4. The summed E-state index contributed by atoms with van der Waals surface area (Å²) >= 11 is 0. The Balaban J connectivity index is 1.12. The number of rotatable bonds is 2. The summed E-state index contributed by atoms with van der Waals surface area (Å²) < 4.78 is 19.0. The summed E-state index contributed by atoms with van der Waals surface area (Å²) in [5.74, 6) is 0.118. The number of aliphatic hydroxyl groups excluding tert-OH is 2. The molecule has 45 heavy (non-hydrogen) atoms. The highest BCUT2D eigenvalue weighted by Crippen LogP contribution is 2.43. The Morgan fingerprint density at radius 1 is 0.800 bits per heavy atom. The highest BCUT2D eigenvalue weighted by Gasteiger charge is 2.50. The molecule has 7 N–H and O–H groups in total. The van der Waals surface area contributed by atoms with Crippen LogP contribution in [0.2, 0.25) is 0 Å². The first-order chi connectivity index (χ1) is 21.8. The van der Waals surface area contributed by atoms with Crippen molar-refractivity contribution in [2.45, 2.75) is 61.8 Å². The number of aliphatic hydroxyl groups is 2. The molecule has 0 aromatic carbocycles. The minimum absolute atomic E-state index is 0.0680. The average molecular weight is 617 g/mol. The molecule has 3 aliphatic rings. The van der Waals surface area contributed by atoms with Crippen LogP contribution in [0, 0.1) is 0 Å². The van der Waals surface area contributed by atoms with Crippen molar-refractivity contribution < 1.29 is 19.7 Å². The van der Waals surface area contributed by atoms with Crippen molar-refractivity contribution >= 4 is 34.1 Å². The molecule has 0 saturated carbocycles. The molecule has 2 saturated heterocycles. The van der Waals surface area contributed by atoms with E-state index < -0.39 is 54.5 Å².